The Labute approximate surface area is 199 Å². The Balaban J connectivity index is 1.93. The van der Waals surface area contributed by atoms with E-state index in [0.29, 0.717) is 16.0 Å². The molecule has 0 saturated carbocycles. The Morgan fingerprint density at radius 3 is 2.26 bits per heavy atom. The number of rotatable bonds is 8. The molecule has 11 nitrogen and oxygen atoms in total. The summed E-state index contributed by atoms with van der Waals surface area (Å²) in [5.74, 6) is -1.32. The summed E-state index contributed by atoms with van der Waals surface area (Å²) in [6.45, 7) is -0.290. The number of primary sulfonamides is 1. The van der Waals surface area contributed by atoms with Crippen LogP contribution in [0.4, 0.5) is 0 Å². The number of nitrogens with zero attached hydrogens (tertiary/aromatic N) is 2. The lowest BCUT2D eigenvalue weighted by Crippen LogP contribution is -2.23. The first-order valence-electron chi connectivity index (χ1n) is 9.62. The number of nitrogens with two attached hydrogens (primary N) is 1. The van der Waals surface area contributed by atoms with Crippen molar-refractivity contribution in [1.29, 1.82) is 0 Å². The van der Waals surface area contributed by atoms with Crippen molar-refractivity contribution in [2.75, 3.05) is 20.0 Å². The second-order valence-corrected chi connectivity index (χ2v) is 11.7. The zero-order chi connectivity index (χ0) is 25.1. The Kier molecular flexibility index (Phi) is 7.55. The zero-order valence-corrected chi connectivity index (χ0v) is 20.6. The number of carbonyl (C=O) groups excluding carboxylic acids is 2. The highest BCUT2D eigenvalue weighted by molar-refractivity contribution is 7.91. The fraction of sp³-hybridized carbons (Fsp3) is 0.250. The van der Waals surface area contributed by atoms with Gasteiger partial charge in [0, 0.05) is 6.42 Å². The normalized spacial score (nSPS) is 12.6. The summed E-state index contributed by atoms with van der Waals surface area (Å²) in [5.41, 5.74) is 0.431. The second-order valence-electron chi connectivity index (χ2n) is 6.97. The van der Waals surface area contributed by atoms with E-state index >= 15 is 0 Å². The summed E-state index contributed by atoms with van der Waals surface area (Å²) in [4.78, 5) is 28.3. The molecule has 182 valence electrons. The van der Waals surface area contributed by atoms with Crippen LogP contribution < -0.4 is 14.7 Å². The van der Waals surface area contributed by atoms with Gasteiger partial charge in [0.1, 0.15) is 12.3 Å². The molecule has 0 radical (unpaired) electrons. The molecule has 1 heterocycles. The van der Waals surface area contributed by atoms with Gasteiger partial charge in [-0.3, -0.25) is 9.59 Å². The van der Waals surface area contributed by atoms with Gasteiger partial charge in [-0.1, -0.05) is 11.3 Å². The highest BCUT2D eigenvalue weighted by Gasteiger charge is 2.18. The van der Waals surface area contributed by atoms with Gasteiger partial charge in [0.15, 0.2) is 14.6 Å². The summed E-state index contributed by atoms with van der Waals surface area (Å²) in [7, 11) is -5.06. The van der Waals surface area contributed by atoms with Crippen LogP contribution in [0.25, 0.3) is 10.2 Å². The van der Waals surface area contributed by atoms with Crippen LogP contribution in [0.1, 0.15) is 6.42 Å². The van der Waals surface area contributed by atoms with Crippen LogP contribution >= 0.6 is 11.3 Å². The van der Waals surface area contributed by atoms with Gasteiger partial charge < -0.3 is 14.0 Å². The van der Waals surface area contributed by atoms with Gasteiger partial charge in [-0.2, -0.15) is 4.99 Å². The fourth-order valence-corrected chi connectivity index (χ4v) is 5.88. The third kappa shape index (κ3) is 5.88. The monoisotopic (exact) mass is 527 g/mol. The number of aromatic nitrogens is 1. The number of ether oxygens (including phenoxy) is 2. The molecule has 0 aliphatic heterocycles. The highest BCUT2D eigenvalue weighted by atomic mass is 32.2. The van der Waals surface area contributed by atoms with Crippen molar-refractivity contribution >= 4 is 53.3 Å². The first-order chi connectivity index (χ1) is 15.9. The predicted octanol–water partition coefficient (Wildman–Crippen LogP) is 0.823. The van der Waals surface area contributed by atoms with E-state index in [9.17, 15) is 26.4 Å². The third-order valence-electron chi connectivity index (χ3n) is 4.72. The molecule has 0 unspecified atom stereocenters. The van der Waals surface area contributed by atoms with E-state index in [0.717, 1.165) is 11.3 Å². The van der Waals surface area contributed by atoms with Crippen LogP contribution in [0.3, 0.4) is 0 Å². The maximum atomic E-state index is 12.5. The molecular weight excluding hydrogens is 506 g/mol. The van der Waals surface area contributed by atoms with Crippen molar-refractivity contribution < 1.29 is 35.9 Å². The molecule has 0 fully saturated rings. The summed E-state index contributed by atoms with van der Waals surface area (Å²) < 4.78 is 59.9. The van der Waals surface area contributed by atoms with E-state index < -0.39 is 43.9 Å². The molecule has 2 aromatic carbocycles. The first kappa shape index (κ1) is 25.6. The second kappa shape index (κ2) is 10.0. The third-order valence-corrected chi connectivity index (χ3v) is 8.41. The first-order valence-corrected chi connectivity index (χ1v) is 13.6. The van der Waals surface area contributed by atoms with Gasteiger partial charge in [-0.05, 0) is 42.5 Å². The number of methoxy groups -OCH3 is 2. The predicted molar refractivity (Wildman–Crippen MR) is 123 cm³/mol. The van der Waals surface area contributed by atoms with E-state index in [1.807, 2.05) is 0 Å². The minimum atomic E-state index is -3.97. The minimum absolute atomic E-state index is 0.0410. The number of sulfonamides is 1. The molecule has 0 spiro atoms. The quantitative estimate of drug-likeness (QED) is 0.421. The van der Waals surface area contributed by atoms with E-state index in [1.165, 1.54) is 61.3 Å². The fourth-order valence-electron chi connectivity index (χ4n) is 2.95. The molecule has 1 amide bonds. The molecule has 1 aromatic heterocycles. The van der Waals surface area contributed by atoms with E-state index in [2.05, 4.69) is 9.73 Å². The lowest BCUT2D eigenvalue weighted by Gasteiger charge is -2.05. The maximum Gasteiger partial charge on any atom is 0.325 e. The number of hydrogen-bond acceptors (Lipinski definition) is 9. The number of thiazole rings is 1. The smallest absolute Gasteiger partial charge is 0.325 e. The van der Waals surface area contributed by atoms with Crippen molar-refractivity contribution in [3.05, 3.63) is 47.3 Å². The average molecular weight is 528 g/mol. The van der Waals surface area contributed by atoms with Gasteiger partial charge in [0.2, 0.25) is 15.9 Å². The number of sulfone groups is 1. The summed E-state index contributed by atoms with van der Waals surface area (Å²) >= 11 is 0.953. The van der Waals surface area contributed by atoms with Crippen molar-refractivity contribution in [3.63, 3.8) is 0 Å². The number of hydrogen-bond donors (Lipinski definition) is 1. The van der Waals surface area contributed by atoms with E-state index in [1.54, 1.807) is 0 Å². The number of amides is 1. The van der Waals surface area contributed by atoms with Crippen LogP contribution in [0.2, 0.25) is 0 Å². The molecule has 14 heteroatoms. The molecule has 0 bridgehead atoms. The molecule has 0 atom stereocenters. The van der Waals surface area contributed by atoms with Crippen LogP contribution in [-0.4, -0.2) is 53.3 Å². The number of fused-ring (bicyclic) bond motifs is 1. The molecule has 0 aliphatic rings. The summed E-state index contributed by atoms with van der Waals surface area (Å²) in [6.07, 6.45) is -0.400. The van der Waals surface area contributed by atoms with Crippen molar-refractivity contribution in [2.24, 2.45) is 10.1 Å². The highest BCUT2D eigenvalue weighted by Crippen LogP contribution is 2.22. The van der Waals surface area contributed by atoms with Gasteiger partial charge >= 0.3 is 5.97 Å². The van der Waals surface area contributed by atoms with Crippen LogP contribution in [0.15, 0.2) is 57.2 Å². The Morgan fingerprint density at radius 1 is 1.03 bits per heavy atom. The molecular formula is C20H21N3O8S3. The Morgan fingerprint density at radius 2 is 1.68 bits per heavy atom. The molecule has 3 aromatic rings. The van der Waals surface area contributed by atoms with E-state index in [4.69, 9.17) is 9.88 Å². The van der Waals surface area contributed by atoms with Gasteiger partial charge in [0.25, 0.3) is 0 Å². The zero-order valence-electron chi connectivity index (χ0n) is 18.1. The summed E-state index contributed by atoms with van der Waals surface area (Å²) in [6, 6.07) is 9.78. The summed E-state index contributed by atoms with van der Waals surface area (Å²) in [5, 5.41) is 5.17. The van der Waals surface area contributed by atoms with Crippen molar-refractivity contribution in [3.8, 4) is 5.75 Å². The number of carbonyl (C=O) groups is 2. The minimum Gasteiger partial charge on any atom is -0.497 e. The largest absolute Gasteiger partial charge is 0.497 e. The lowest BCUT2D eigenvalue weighted by molar-refractivity contribution is -0.141. The average Bonchev–Trinajstić information content (AvgIpc) is 3.13. The molecule has 34 heavy (non-hydrogen) atoms. The molecule has 0 saturated heterocycles. The molecule has 3 rings (SSSR count). The van der Waals surface area contributed by atoms with Crippen LogP contribution in [0.5, 0.6) is 5.75 Å². The standard InChI is InChI=1S/C20H21N3O8S3/c1-30-13-3-5-14(6-4-13)33(26,27)10-9-18(24)22-20-23(12-19(25)31-2)16-8-7-15(34(21,28)29)11-17(16)32-20/h3-8,11H,9-10,12H2,1-2H3,(H2,21,28,29). The SMILES string of the molecule is COC(=O)Cn1c(=NC(=O)CCS(=O)(=O)c2ccc(OC)cc2)sc2cc(S(N)(=O)=O)ccc21. The number of esters is 1. The maximum absolute atomic E-state index is 12.5. The number of benzene rings is 2. The Hall–Kier alpha value is -3.07. The Bertz CT molecular complexity index is 1520. The van der Waals surface area contributed by atoms with Gasteiger partial charge in [-0.15, -0.1) is 0 Å². The van der Waals surface area contributed by atoms with Crippen molar-refractivity contribution in [1.82, 2.24) is 4.57 Å². The molecule has 0 aliphatic carbocycles. The topological polar surface area (TPSA) is 164 Å². The van der Waals surface area contributed by atoms with E-state index in [-0.39, 0.29) is 21.1 Å². The molecule has 2 N–H and O–H groups in total. The van der Waals surface area contributed by atoms with Crippen molar-refractivity contribution in [2.45, 2.75) is 22.8 Å². The van der Waals surface area contributed by atoms with Crippen LogP contribution in [-0.2, 0) is 40.7 Å². The van der Waals surface area contributed by atoms with Crippen LogP contribution in [0, 0.1) is 0 Å². The lowest BCUT2D eigenvalue weighted by atomic mass is 10.3. The van der Waals surface area contributed by atoms with Gasteiger partial charge in [0.05, 0.1) is 40.0 Å². The van der Waals surface area contributed by atoms with Gasteiger partial charge in [-0.25, -0.2) is 22.0 Å².